The van der Waals surface area contributed by atoms with Crippen LogP contribution in [-0.2, 0) is 0 Å². The Morgan fingerprint density at radius 3 is 1.71 bits per heavy atom. The van der Waals surface area contributed by atoms with Gasteiger partial charge in [-0.25, -0.2) is 9.59 Å². The first kappa shape index (κ1) is 25.4. The second-order valence-corrected chi connectivity index (χ2v) is 5.03. The monoisotopic (exact) mass is 326 g/mol. The van der Waals surface area contributed by atoms with E-state index in [1.165, 1.54) is 42.5 Å². The molecule has 0 radical (unpaired) electrons. The number of hydrogen-bond acceptors (Lipinski definition) is 3. The second-order valence-electron chi connectivity index (χ2n) is 3.80. The van der Waals surface area contributed by atoms with Gasteiger partial charge in [0.25, 0.3) is 0 Å². The topological polar surface area (TPSA) is 106 Å². The minimum atomic E-state index is -1.13. The van der Waals surface area contributed by atoms with E-state index in [-0.39, 0.29) is 47.6 Å². The Balaban J connectivity index is -0.000000144. The number of carboxylic acid groups (broad SMARTS) is 2. The fourth-order valence-corrected chi connectivity index (χ4v) is 1.96. The van der Waals surface area contributed by atoms with Crippen LogP contribution in [0.1, 0.15) is 48.8 Å². The Labute approximate surface area is 153 Å². The molecule has 1 rings (SSSR count). The second kappa shape index (κ2) is 15.9. The predicted octanol–water partition coefficient (Wildman–Crippen LogP) is -0.0856. The molecule has 0 bridgehead atoms. The molecule has 5 nitrogen and oxygen atoms in total. The fourth-order valence-electron chi connectivity index (χ4n) is 1.18. The molecule has 0 saturated carbocycles. The van der Waals surface area contributed by atoms with Crippen LogP contribution in [0, 0.1) is 0 Å². The average molecular weight is 326 g/mol. The number of thioether (sulfide) groups is 1. The first-order valence-electron chi connectivity index (χ1n) is 6.17. The van der Waals surface area contributed by atoms with Gasteiger partial charge in [-0.2, -0.15) is 11.8 Å². The summed E-state index contributed by atoms with van der Waals surface area (Å²) in [5, 5.41) is 17.0. The molecule has 0 heterocycles. The Morgan fingerprint density at radius 1 is 1.05 bits per heavy atom. The molecule has 4 N–H and O–H groups in total. The predicted molar refractivity (Wildman–Crippen MR) is 83.0 cm³/mol. The number of carbonyl (C=O) groups is 2. The zero-order valence-electron chi connectivity index (χ0n) is 13.8. The van der Waals surface area contributed by atoms with E-state index in [2.05, 4.69) is 25.6 Å². The molecular weight excluding hydrogens is 303 g/mol. The Bertz CT molecular complexity index is 385. The molecule has 0 atom stereocenters. The first-order valence-corrected chi connectivity index (χ1v) is 7.32. The minimum Gasteiger partial charge on any atom is -1.00 e. The van der Waals surface area contributed by atoms with Crippen molar-refractivity contribution >= 4 is 23.7 Å². The number of aromatic carboxylic acids is 2. The summed E-state index contributed by atoms with van der Waals surface area (Å²) in [4.78, 5) is 20.8. The minimum absolute atomic E-state index is 0. The van der Waals surface area contributed by atoms with E-state index in [4.69, 9.17) is 10.2 Å². The summed E-state index contributed by atoms with van der Waals surface area (Å²) < 4.78 is 0. The van der Waals surface area contributed by atoms with Crippen molar-refractivity contribution in [2.24, 2.45) is 0 Å². The van der Waals surface area contributed by atoms with Crippen LogP contribution in [0.5, 0.6) is 0 Å². The first-order chi connectivity index (χ1) is 9.02. The van der Waals surface area contributed by atoms with Crippen LogP contribution in [0.15, 0.2) is 24.3 Å². The van der Waals surface area contributed by atoms with E-state index in [9.17, 15) is 9.59 Å². The summed E-state index contributed by atoms with van der Waals surface area (Å²) in [6, 6.07) is 5.20. The zero-order valence-corrected chi connectivity index (χ0v) is 15.6. The molecule has 0 aliphatic carbocycles. The third-order valence-corrected chi connectivity index (χ3v) is 3.45. The summed E-state index contributed by atoms with van der Waals surface area (Å²) in [7, 11) is 0. The van der Waals surface area contributed by atoms with Gasteiger partial charge in [0, 0.05) is 0 Å². The molecule has 116 valence electrons. The molecule has 0 aromatic heterocycles. The van der Waals surface area contributed by atoms with Crippen molar-refractivity contribution in [1.29, 1.82) is 0 Å². The van der Waals surface area contributed by atoms with Crippen molar-refractivity contribution in [2.75, 3.05) is 11.5 Å². The van der Waals surface area contributed by atoms with Gasteiger partial charge in [-0.1, -0.05) is 19.9 Å². The van der Waals surface area contributed by atoms with Gasteiger partial charge in [0.15, 0.2) is 0 Å². The van der Waals surface area contributed by atoms with Gasteiger partial charge in [-0.3, -0.25) is 0 Å². The molecule has 0 unspecified atom stereocenters. The summed E-state index contributed by atoms with van der Waals surface area (Å²) in [5.74, 6) is 0.429. The normalized spacial score (nSPS) is 8.48. The Morgan fingerprint density at radius 2 is 1.43 bits per heavy atom. The molecule has 0 aliphatic rings. The molecule has 0 fully saturated rings. The van der Waals surface area contributed by atoms with Gasteiger partial charge >= 0.3 is 41.5 Å². The smallest absolute Gasteiger partial charge is 1.00 e. The summed E-state index contributed by atoms with van der Waals surface area (Å²) in [5.41, 5.74) is -0.0372. The maximum Gasteiger partial charge on any atom is 1.00 e. The fraction of sp³-hybridized carbons (Fsp3) is 0.429. The Kier molecular flexibility index (Phi) is 19.2. The number of hydrogen-bond donors (Lipinski definition) is 2. The van der Waals surface area contributed by atoms with Crippen molar-refractivity contribution in [3.8, 4) is 0 Å². The van der Waals surface area contributed by atoms with Gasteiger partial charge < -0.3 is 17.1 Å². The van der Waals surface area contributed by atoms with Crippen molar-refractivity contribution in [1.82, 2.24) is 0 Å². The van der Waals surface area contributed by atoms with Crippen LogP contribution in [0.3, 0.4) is 0 Å². The van der Waals surface area contributed by atoms with Crippen LogP contribution < -0.4 is 29.6 Å². The van der Waals surface area contributed by atoms with Crippen molar-refractivity contribution in [3.63, 3.8) is 0 Å². The molecule has 0 aliphatic heterocycles. The van der Waals surface area contributed by atoms with Crippen molar-refractivity contribution in [2.45, 2.75) is 26.7 Å². The quantitative estimate of drug-likeness (QED) is 0.561. The van der Waals surface area contributed by atoms with E-state index in [1.54, 1.807) is 0 Å². The third-order valence-electron chi connectivity index (χ3n) is 2.05. The van der Waals surface area contributed by atoms with Crippen molar-refractivity contribution < 1.29 is 56.3 Å². The van der Waals surface area contributed by atoms with E-state index in [1.807, 2.05) is 0 Å². The van der Waals surface area contributed by atoms with E-state index in [0.29, 0.717) is 0 Å². The number of rotatable bonds is 6. The average Bonchev–Trinajstić information content (AvgIpc) is 2.40. The summed E-state index contributed by atoms with van der Waals surface area (Å²) >= 11 is 2.05. The van der Waals surface area contributed by atoms with Crippen molar-refractivity contribution in [3.05, 3.63) is 35.4 Å². The SMILES string of the molecule is CCCSCCC.O.O=C(O)c1cccc(C(=O)O)c1.[H-].[Na+]. The maximum absolute atomic E-state index is 10.4. The van der Waals surface area contributed by atoms with Crippen LogP contribution in [0.4, 0.5) is 0 Å². The zero-order chi connectivity index (χ0) is 14.7. The molecular formula is C14H23NaO5S. The summed E-state index contributed by atoms with van der Waals surface area (Å²) in [6.07, 6.45) is 2.65. The standard InChI is InChI=1S/C8H6O4.C6H14S.Na.H2O.H/c9-7(10)5-2-1-3-6(4-5)8(11)12;1-3-5-7-6-4-2;;;/h1-4H,(H,9,10)(H,11,12);3-6H2,1-2H3;;1H2;/q;;+1;;-1. The van der Waals surface area contributed by atoms with Crippen LogP contribution >= 0.6 is 11.8 Å². The number of carboxylic acids is 2. The maximum atomic E-state index is 10.4. The van der Waals surface area contributed by atoms with Crippen LogP contribution in [0.25, 0.3) is 0 Å². The van der Waals surface area contributed by atoms with Gasteiger partial charge in [0.05, 0.1) is 11.1 Å². The van der Waals surface area contributed by atoms with Gasteiger partial charge in [0.1, 0.15) is 0 Å². The molecule has 0 spiro atoms. The Hall–Kier alpha value is -0.530. The molecule has 0 saturated heterocycles. The largest absolute Gasteiger partial charge is 1.00 e. The van der Waals surface area contributed by atoms with E-state index in [0.717, 1.165) is 6.07 Å². The molecule has 7 heteroatoms. The van der Waals surface area contributed by atoms with E-state index < -0.39 is 11.9 Å². The van der Waals surface area contributed by atoms with Gasteiger partial charge in [0.2, 0.25) is 0 Å². The summed E-state index contributed by atoms with van der Waals surface area (Å²) in [6.45, 7) is 4.45. The molecule has 0 amide bonds. The van der Waals surface area contributed by atoms with Crippen LogP contribution in [-0.4, -0.2) is 39.1 Å². The molecule has 1 aromatic rings. The third kappa shape index (κ3) is 12.9. The van der Waals surface area contributed by atoms with Crippen LogP contribution in [0.2, 0.25) is 0 Å². The molecule has 1 aromatic carbocycles. The van der Waals surface area contributed by atoms with E-state index >= 15 is 0 Å². The molecule has 21 heavy (non-hydrogen) atoms. The van der Waals surface area contributed by atoms with Gasteiger partial charge in [-0.15, -0.1) is 0 Å². The number of benzene rings is 1. The van der Waals surface area contributed by atoms with Gasteiger partial charge in [-0.05, 0) is 42.5 Å².